The molecule has 23 heavy (non-hydrogen) atoms. The molecule has 116 valence electrons. The van der Waals surface area contributed by atoms with E-state index in [0.717, 1.165) is 0 Å². The van der Waals surface area contributed by atoms with E-state index in [1.165, 1.54) is 24.3 Å². The molecule has 0 unspecified atom stereocenters. The van der Waals surface area contributed by atoms with E-state index in [0.29, 0.717) is 20.8 Å². The average Bonchev–Trinajstić information content (AvgIpc) is 3.01. The smallest absolute Gasteiger partial charge is 0.308 e. The number of fused-ring (bicyclic) bond motifs is 1. The maximum Gasteiger partial charge on any atom is 0.308 e. The molecule has 3 rings (SSSR count). The van der Waals surface area contributed by atoms with Crippen LogP contribution in [0.3, 0.4) is 0 Å². The van der Waals surface area contributed by atoms with Crippen molar-refractivity contribution in [2.45, 2.75) is 6.92 Å². The van der Waals surface area contributed by atoms with Gasteiger partial charge in [0.25, 0.3) is 5.56 Å². The minimum absolute atomic E-state index is 0.0721. The van der Waals surface area contributed by atoms with E-state index in [2.05, 4.69) is 4.98 Å². The highest BCUT2D eigenvalue weighted by Crippen LogP contribution is 2.30. The van der Waals surface area contributed by atoms with Crippen LogP contribution in [0.25, 0.3) is 10.9 Å². The molecule has 0 aliphatic rings. The Bertz CT molecular complexity index is 976. The summed E-state index contributed by atoms with van der Waals surface area (Å²) in [6.45, 7) is 1.21. The standard InChI is InChI=1S/C16H10ClNO4S/c1-8(19)22-15-10-7-9(17)4-5-11(10)18-16(21)13(15)14(20)12-3-2-6-23-12/h2-7H,1H3,(H,18,21). The Morgan fingerprint density at radius 3 is 2.70 bits per heavy atom. The maximum absolute atomic E-state index is 12.6. The summed E-state index contributed by atoms with van der Waals surface area (Å²) < 4.78 is 5.18. The predicted molar refractivity (Wildman–Crippen MR) is 88.6 cm³/mol. The van der Waals surface area contributed by atoms with Crippen LogP contribution in [0.5, 0.6) is 5.75 Å². The van der Waals surface area contributed by atoms with E-state index in [1.807, 2.05) is 0 Å². The summed E-state index contributed by atoms with van der Waals surface area (Å²) in [5, 5.41) is 2.52. The van der Waals surface area contributed by atoms with Crippen LogP contribution in [-0.2, 0) is 4.79 Å². The fourth-order valence-electron chi connectivity index (χ4n) is 2.22. The maximum atomic E-state index is 12.6. The first-order chi connectivity index (χ1) is 11.0. The molecule has 0 amide bonds. The van der Waals surface area contributed by atoms with Crippen molar-refractivity contribution in [2.75, 3.05) is 0 Å². The number of hydrogen-bond acceptors (Lipinski definition) is 5. The van der Waals surface area contributed by atoms with Crippen LogP contribution in [0.15, 0.2) is 40.5 Å². The van der Waals surface area contributed by atoms with Gasteiger partial charge >= 0.3 is 5.97 Å². The number of H-pyrrole nitrogens is 1. The first-order valence-electron chi connectivity index (χ1n) is 6.59. The Hall–Kier alpha value is -2.44. The first-order valence-corrected chi connectivity index (χ1v) is 7.85. The highest BCUT2D eigenvalue weighted by Gasteiger charge is 2.24. The number of pyridine rings is 1. The largest absolute Gasteiger partial charge is 0.425 e. The van der Waals surface area contributed by atoms with Gasteiger partial charge in [-0.1, -0.05) is 17.7 Å². The minimum atomic E-state index is -0.628. The molecule has 0 spiro atoms. The molecule has 5 nitrogen and oxygen atoms in total. The van der Waals surface area contributed by atoms with Crippen molar-refractivity contribution in [3.63, 3.8) is 0 Å². The Labute approximate surface area is 139 Å². The van der Waals surface area contributed by atoms with E-state index >= 15 is 0 Å². The Kier molecular flexibility index (Phi) is 4.02. The lowest BCUT2D eigenvalue weighted by Crippen LogP contribution is -2.21. The van der Waals surface area contributed by atoms with Crippen LogP contribution >= 0.6 is 22.9 Å². The number of carbonyl (C=O) groups excluding carboxylic acids is 2. The summed E-state index contributed by atoms with van der Waals surface area (Å²) in [4.78, 5) is 39.4. The SMILES string of the molecule is CC(=O)Oc1c(C(=O)c2cccs2)c(=O)[nH]c2ccc(Cl)cc12. The second-order valence-electron chi connectivity index (χ2n) is 4.75. The molecule has 0 saturated carbocycles. The molecule has 0 bridgehead atoms. The van der Waals surface area contributed by atoms with Gasteiger partial charge in [-0.3, -0.25) is 14.4 Å². The molecule has 7 heteroatoms. The van der Waals surface area contributed by atoms with Crippen LogP contribution in [-0.4, -0.2) is 16.7 Å². The number of benzene rings is 1. The van der Waals surface area contributed by atoms with Crippen molar-refractivity contribution in [1.82, 2.24) is 4.98 Å². The molecule has 1 aromatic carbocycles. The molecule has 0 aliphatic carbocycles. The topological polar surface area (TPSA) is 76.2 Å². The van der Waals surface area contributed by atoms with Gasteiger partial charge < -0.3 is 9.72 Å². The van der Waals surface area contributed by atoms with E-state index in [-0.39, 0.29) is 11.3 Å². The quantitative estimate of drug-likeness (QED) is 0.582. The number of hydrogen-bond donors (Lipinski definition) is 1. The molecular formula is C16H10ClNO4S. The van der Waals surface area contributed by atoms with Gasteiger partial charge in [0.2, 0.25) is 5.78 Å². The summed E-state index contributed by atoms with van der Waals surface area (Å²) in [6, 6.07) is 8.03. The number of esters is 1. The molecule has 3 aromatic rings. The van der Waals surface area contributed by atoms with Crippen molar-refractivity contribution >= 4 is 45.6 Å². The number of nitrogens with one attached hydrogen (secondary N) is 1. The van der Waals surface area contributed by atoms with Gasteiger partial charge in [0, 0.05) is 17.3 Å². The van der Waals surface area contributed by atoms with Gasteiger partial charge in [0.05, 0.1) is 10.4 Å². The zero-order chi connectivity index (χ0) is 16.6. The highest BCUT2D eigenvalue weighted by molar-refractivity contribution is 7.12. The Balaban J connectivity index is 2.35. The van der Waals surface area contributed by atoms with E-state index in [4.69, 9.17) is 16.3 Å². The van der Waals surface area contributed by atoms with E-state index < -0.39 is 17.3 Å². The second kappa shape index (κ2) is 5.98. The summed E-state index contributed by atoms with van der Waals surface area (Å²) in [7, 11) is 0. The summed E-state index contributed by atoms with van der Waals surface area (Å²) in [5.41, 5.74) is -0.398. The summed E-state index contributed by atoms with van der Waals surface area (Å²) in [5.74, 6) is -1.20. The number of carbonyl (C=O) groups is 2. The second-order valence-corrected chi connectivity index (χ2v) is 6.13. The predicted octanol–water partition coefficient (Wildman–Crippen LogP) is 3.40. The third-order valence-electron chi connectivity index (χ3n) is 3.15. The fraction of sp³-hybridized carbons (Fsp3) is 0.0625. The minimum Gasteiger partial charge on any atom is -0.425 e. The Morgan fingerprint density at radius 2 is 2.04 bits per heavy atom. The van der Waals surface area contributed by atoms with E-state index in [9.17, 15) is 14.4 Å². The van der Waals surface area contributed by atoms with Gasteiger partial charge in [0.15, 0.2) is 5.75 Å². The molecule has 0 fully saturated rings. The molecule has 2 aromatic heterocycles. The van der Waals surface area contributed by atoms with E-state index in [1.54, 1.807) is 29.6 Å². The van der Waals surface area contributed by atoms with Crippen LogP contribution in [0, 0.1) is 0 Å². The highest BCUT2D eigenvalue weighted by atomic mass is 35.5. The number of ether oxygens (including phenoxy) is 1. The lowest BCUT2D eigenvalue weighted by Gasteiger charge is -2.10. The first kappa shape index (κ1) is 15.5. The third-order valence-corrected chi connectivity index (χ3v) is 4.25. The van der Waals surface area contributed by atoms with Crippen LogP contribution in [0.4, 0.5) is 0 Å². The summed E-state index contributed by atoms with van der Waals surface area (Å²) >= 11 is 7.18. The molecule has 0 radical (unpaired) electrons. The van der Waals surface area contributed by atoms with Gasteiger partial charge in [0.1, 0.15) is 5.56 Å². The van der Waals surface area contributed by atoms with Crippen molar-refractivity contribution in [3.8, 4) is 5.75 Å². The van der Waals surface area contributed by atoms with Crippen molar-refractivity contribution in [2.24, 2.45) is 0 Å². The summed E-state index contributed by atoms with van der Waals surface area (Å²) in [6.07, 6.45) is 0. The van der Waals surface area contributed by atoms with Crippen LogP contribution < -0.4 is 10.3 Å². The molecule has 2 heterocycles. The molecule has 1 N–H and O–H groups in total. The molecule has 0 aliphatic heterocycles. The number of aromatic nitrogens is 1. The molecule has 0 atom stereocenters. The number of halogens is 1. The van der Waals surface area contributed by atoms with Gasteiger partial charge in [-0.15, -0.1) is 11.3 Å². The van der Waals surface area contributed by atoms with Gasteiger partial charge in [-0.2, -0.15) is 0 Å². The van der Waals surface area contributed by atoms with Crippen LogP contribution in [0.1, 0.15) is 22.2 Å². The molecular weight excluding hydrogens is 338 g/mol. The number of ketones is 1. The zero-order valence-electron chi connectivity index (χ0n) is 11.9. The lowest BCUT2D eigenvalue weighted by atomic mass is 10.1. The number of thiophene rings is 1. The van der Waals surface area contributed by atoms with Crippen molar-refractivity contribution < 1.29 is 14.3 Å². The fourth-order valence-corrected chi connectivity index (χ4v) is 3.06. The zero-order valence-corrected chi connectivity index (χ0v) is 13.5. The lowest BCUT2D eigenvalue weighted by molar-refractivity contribution is -0.131. The molecule has 0 saturated heterocycles. The van der Waals surface area contributed by atoms with Crippen molar-refractivity contribution in [1.29, 1.82) is 0 Å². The average molecular weight is 348 g/mol. The Morgan fingerprint density at radius 1 is 1.26 bits per heavy atom. The van der Waals surface area contributed by atoms with Crippen molar-refractivity contribution in [3.05, 3.63) is 61.5 Å². The number of rotatable bonds is 3. The normalized spacial score (nSPS) is 10.7. The van der Waals surface area contributed by atoms with Crippen LogP contribution in [0.2, 0.25) is 5.02 Å². The van der Waals surface area contributed by atoms with Gasteiger partial charge in [-0.05, 0) is 29.6 Å². The monoisotopic (exact) mass is 347 g/mol. The third kappa shape index (κ3) is 2.91. The van der Waals surface area contributed by atoms with Gasteiger partial charge in [-0.25, -0.2) is 0 Å². The number of aromatic amines is 1.